The van der Waals surface area contributed by atoms with E-state index in [1.54, 1.807) is 17.5 Å². The Morgan fingerprint density at radius 1 is 1.19 bits per heavy atom. The molecule has 1 heterocycles. The van der Waals surface area contributed by atoms with E-state index in [1.165, 1.54) is 24.7 Å². The zero-order valence-electron chi connectivity index (χ0n) is 14.8. The SMILES string of the molecule is C[C@@H](OC(=O)CCC(=O)c1cccs1)C(=O)NC(=O)NC1CCCCC1. The fourth-order valence-corrected chi connectivity index (χ4v) is 3.46. The molecule has 0 radical (unpaired) electrons. The first kappa shape index (κ1) is 20.1. The van der Waals surface area contributed by atoms with E-state index in [-0.39, 0.29) is 24.7 Å². The number of ether oxygens (including phenoxy) is 1. The third-order valence-corrected chi connectivity index (χ3v) is 5.12. The van der Waals surface area contributed by atoms with Crippen LogP contribution in [0.15, 0.2) is 17.5 Å². The van der Waals surface area contributed by atoms with Crippen molar-refractivity contribution in [2.45, 2.75) is 64.0 Å². The van der Waals surface area contributed by atoms with Crippen LogP contribution in [0.2, 0.25) is 0 Å². The lowest BCUT2D eigenvalue weighted by Crippen LogP contribution is -2.48. The molecule has 7 nitrogen and oxygen atoms in total. The summed E-state index contributed by atoms with van der Waals surface area (Å²) in [6.45, 7) is 1.39. The molecule has 1 fully saturated rings. The van der Waals surface area contributed by atoms with E-state index in [4.69, 9.17) is 4.74 Å². The van der Waals surface area contributed by atoms with Crippen LogP contribution in [0.25, 0.3) is 0 Å². The molecular formula is C18H24N2O5S. The number of carbonyl (C=O) groups is 4. The number of rotatable bonds is 7. The van der Waals surface area contributed by atoms with Gasteiger partial charge in [0.2, 0.25) is 0 Å². The predicted molar refractivity (Wildman–Crippen MR) is 97.0 cm³/mol. The standard InChI is InChI=1S/C18H24N2O5S/c1-12(17(23)20-18(24)19-13-6-3-2-4-7-13)25-16(22)10-9-14(21)15-8-5-11-26-15/h5,8,11-13H,2-4,6-7,9-10H2,1H3,(H2,19,20,23,24)/t12-/m1/s1. The normalized spacial score (nSPS) is 15.7. The van der Waals surface area contributed by atoms with Gasteiger partial charge in [-0.3, -0.25) is 19.7 Å². The van der Waals surface area contributed by atoms with Crippen LogP contribution < -0.4 is 10.6 Å². The van der Waals surface area contributed by atoms with Gasteiger partial charge < -0.3 is 10.1 Å². The molecule has 142 valence electrons. The number of amides is 3. The summed E-state index contributed by atoms with van der Waals surface area (Å²) < 4.78 is 4.99. The highest BCUT2D eigenvalue weighted by atomic mass is 32.1. The summed E-state index contributed by atoms with van der Waals surface area (Å²) in [5.74, 6) is -1.47. The summed E-state index contributed by atoms with van der Waals surface area (Å²) in [6, 6.07) is 2.97. The van der Waals surface area contributed by atoms with E-state index in [9.17, 15) is 19.2 Å². The molecule has 0 saturated heterocycles. The quantitative estimate of drug-likeness (QED) is 0.559. The van der Waals surface area contributed by atoms with Gasteiger partial charge in [0, 0.05) is 12.5 Å². The number of imide groups is 1. The monoisotopic (exact) mass is 380 g/mol. The molecule has 0 aromatic carbocycles. The molecule has 0 aliphatic heterocycles. The summed E-state index contributed by atoms with van der Waals surface area (Å²) in [4.78, 5) is 48.0. The molecule has 26 heavy (non-hydrogen) atoms. The van der Waals surface area contributed by atoms with Gasteiger partial charge in [-0.05, 0) is 31.2 Å². The van der Waals surface area contributed by atoms with Gasteiger partial charge in [0.15, 0.2) is 11.9 Å². The van der Waals surface area contributed by atoms with Crippen molar-refractivity contribution >= 4 is 35.0 Å². The maximum Gasteiger partial charge on any atom is 0.321 e. The molecule has 2 N–H and O–H groups in total. The Balaban J connectivity index is 1.67. The second-order valence-electron chi connectivity index (χ2n) is 6.33. The average molecular weight is 380 g/mol. The number of carbonyl (C=O) groups excluding carboxylic acids is 4. The first-order chi connectivity index (χ1) is 12.5. The van der Waals surface area contributed by atoms with Crippen LogP contribution in [-0.4, -0.2) is 35.8 Å². The summed E-state index contributed by atoms with van der Waals surface area (Å²) in [5.41, 5.74) is 0. The number of thiophene rings is 1. The molecule has 0 bridgehead atoms. The molecule has 0 unspecified atom stereocenters. The Hall–Kier alpha value is -2.22. The van der Waals surface area contributed by atoms with E-state index in [0.29, 0.717) is 4.88 Å². The van der Waals surface area contributed by atoms with Gasteiger partial charge in [-0.15, -0.1) is 11.3 Å². The first-order valence-electron chi connectivity index (χ1n) is 8.83. The van der Waals surface area contributed by atoms with E-state index >= 15 is 0 Å². The molecule has 1 aliphatic carbocycles. The fraction of sp³-hybridized carbons (Fsp3) is 0.556. The highest BCUT2D eigenvalue weighted by molar-refractivity contribution is 7.12. The van der Waals surface area contributed by atoms with E-state index in [0.717, 1.165) is 25.7 Å². The predicted octanol–water partition coefficient (Wildman–Crippen LogP) is 2.80. The molecule has 2 rings (SSSR count). The highest BCUT2D eigenvalue weighted by Crippen LogP contribution is 2.17. The first-order valence-corrected chi connectivity index (χ1v) is 9.71. The fourth-order valence-electron chi connectivity index (χ4n) is 2.77. The highest BCUT2D eigenvalue weighted by Gasteiger charge is 2.22. The Labute approximate surface area is 156 Å². The lowest BCUT2D eigenvalue weighted by atomic mass is 9.96. The van der Waals surface area contributed by atoms with E-state index in [2.05, 4.69) is 10.6 Å². The summed E-state index contributed by atoms with van der Waals surface area (Å²) in [5, 5.41) is 6.73. The van der Waals surface area contributed by atoms with Gasteiger partial charge in [0.25, 0.3) is 5.91 Å². The number of urea groups is 1. The molecule has 8 heteroatoms. The smallest absolute Gasteiger partial charge is 0.321 e. The van der Waals surface area contributed by atoms with Crippen LogP contribution in [0, 0.1) is 0 Å². The van der Waals surface area contributed by atoms with Gasteiger partial charge in [0.05, 0.1) is 11.3 Å². The van der Waals surface area contributed by atoms with Crippen LogP contribution in [0.1, 0.15) is 61.5 Å². The lowest BCUT2D eigenvalue weighted by molar-refractivity contribution is -0.154. The topological polar surface area (TPSA) is 102 Å². The van der Waals surface area contributed by atoms with Gasteiger partial charge in [-0.25, -0.2) is 4.79 Å². The minimum absolute atomic E-state index is 0.0237. The molecule has 1 aromatic heterocycles. The van der Waals surface area contributed by atoms with Crippen LogP contribution in [0.3, 0.4) is 0 Å². The number of nitrogens with one attached hydrogen (secondary N) is 2. The molecule has 1 aromatic rings. The maximum absolute atomic E-state index is 11.9. The largest absolute Gasteiger partial charge is 0.453 e. The lowest BCUT2D eigenvalue weighted by Gasteiger charge is -2.23. The van der Waals surface area contributed by atoms with Gasteiger partial charge >= 0.3 is 12.0 Å². The van der Waals surface area contributed by atoms with Crippen LogP contribution in [0.4, 0.5) is 4.79 Å². The Morgan fingerprint density at radius 3 is 2.58 bits per heavy atom. The van der Waals surface area contributed by atoms with Gasteiger partial charge in [-0.1, -0.05) is 25.3 Å². The van der Waals surface area contributed by atoms with Crippen LogP contribution >= 0.6 is 11.3 Å². The van der Waals surface area contributed by atoms with Crippen molar-refractivity contribution in [1.82, 2.24) is 10.6 Å². The third-order valence-electron chi connectivity index (χ3n) is 4.21. The van der Waals surface area contributed by atoms with Crippen molar-refractivity contribution in [2.75, 3.05) is 0 Å². The van der Waals surface area contributed by atoms with Crippen molar-refractivity contribution in [1.29, 1.82) is 0 Å². The van der Waals surface area contributed by atoms with Crippen molar-refractivity contribution in [3.63, 3.8) is 0 Å². The van der Waals surface area contributed by atoms with Gasteiger partial charge in [0.1, 0.15) is 0 Å². The number of ketones is 1. The molecule has 1 aliphatic rings. The molecule has 3 amide bonds. The Kier molecular flexibility index (Phi) is 7.77. The molecule has 1 atom stereocenters. The van der Waals surface area contributed by atoms with Crippen molar-refractivity contribution < 1.29 is 23.9 Å². The average Bonchev–Trinajstić information content (AvgIpc) is 3.15. The molecule has 0 spiro atoms. The Bertz CT molecular complexity index is 638. The zero-order chi connectivity index (χ0) is 18.9. The molecular weight excluding hydrogens is 356 g/mol. The second-order valence-corrected chi connectivity index (χ2v) is 7.28. The number of esters is 1. The minimum Gasteiger partial charge on any atom is -0.453 e. The van der Waals surface area contributed by atoms with Crippen LogP contribution in [-0.2, 0) is 14.3 Å². The van der Waals surface area contributed by atoms with Crippen LogP contribution in [0.5, 0.6) is 0 Å². The number of Topliss-reactive ketones (excluding diaryl/α,β-unsaturated/α-hetero) is 1. The summed E-state index contributed by atoms with van der Waals surface area (Å²) >= 11 is 1.31. The van der Waals surface area contributed by atoms with Crippen molar-refractivity contribution in [2.24, 2.45) is 0 Å². The number of hydrogen-bond acceptors (Lipinski definition) is 6. The van der Waals surface area contributed by atoms with Crippen molar-refractivity contribution in [3.8, 4) is 0 Å². The maximum atomic E-state index is 11.9. The number of hydrogen-bond donors (Lipinski definition) is 2. The van der Waals surface area contributed by atoms with Crippen molar-refractivity contribution in [3.05, 3.63) is 22.4 Å². The zero-order valence-corrected chi connectivity index (χ0v) is 15.6. The molecule has 1 saturated carbocycles. The Morgan fingerprint density at radius 2 is 1.92 bits per heavy atom. The summed E-state index contributed by atoms with van der Waals surface area (Å²) in [6.07, 6.45) is 3.93. The summed E-state index contributed by atoms with van der Waals surface area (Å²) in [7, 11) is 0. The third kappa shape index (κ3) is 6.59. The van der Waals surface area contributed by atoms with E-state index < -0.39 is 24.0 Å². The minimum atomic E-state index is -1.10. The second kappa shape index (κ2) is 10.1. The van der Waals surface area contributed by atoms with E-state index in [1.807, 2.05) is 0 Å². The van der Waals surface area contributed by atoms with Gasteiger partial charge in [-0.2, -0.15) is 0 Å².